The zero-order chi connectivity index (χ0) is 15.3. The molecule has 5 heteroatoms. The molecule has 1 fully saturated rings. The van der Waals surface area contributed by atoms with Crippen LogP contribution in [0.25, 0.3) is 0 Å². The van der Waals surface area contributed by atoms with Crippen molar-refractivity contribution in [2.24, 2.45) is 5.92 Å². The smallest absolute Gasteiger partial charge is 0.128 e. The topological polar surface area (TPSA) is 54.0 Å². The Morgan fingerprint density at radius 1 is 1.10 bits per heavy atom. The van der Waals surface area contributed by atoms with Crippen LogP contribution in [0.1, 0.15) is 39.0 Å². The average molecular weight is 302 g/mol. The Bertz CT molecular complexity index is 234. The molecule has 21 heavy (non-hydrogen) atoms. The number of hydrogen-bond acceptors (Lipinski definition) is 5. The third-order valence-corrected chi connectivity index (χ3v) is 4.11. The first kappa shape index (κ1) is 18.8. The van der Waals surface area contributed by atoms with Crippen LogP contribution in [-0.4, -0.2) is 69.3 Å². The van der Waals surface area contributed by atoms with Crippen molar-refractivity contribution in [1.29, 1.82) is 0 Å². The first-order valence-corrected chi connectivity index (χ1v) is 8.45. The van der Waals surface area contributed by atoms with Gasteiger partial charge in [-0.3, -0.25) is 5.32 Å². The number of aliphatic hydroxyl groups excluding tert-OH is 1. The molecule has 1 atom stereocenters. The van der Waals surface area contributed by atoms with Gasteiger partial charge in [0.2, 0.25) is 0 Å². The predicted molar refractivity (Wildman–Crippen MR) is 85.4 cm³/mol. The number of likely N-dealkylation sites (tertiary alicyclic amines) is 1. The highest BCUT2D eigenvalue weighted by molar-refractivity contribution is 4.68. The van der Waals surface area contributed by atoms with Gasteiger partial charge < -0.3 is 19.5 Å². The van der Waals surface area contributed by atoms with Crippen molar-refractivity contribution in [3.05, 3.63) is 0 Å². The van der Waals surface area contributed by atoms with E-state index < -0.39 is 6.23 Å². The van der Waals surface area contributed by atoms with Crippen molar-refractivity contribution in [1.82, 2.24) is 10.2 Å². The van der Waals surface area contributed by atoms with E-state index in [2.05, 4.69) is 17.1 Å². The Hall–Kier alpha value is -0.200. The molecule has 1 heterocycles. The number of nitrogens with one attached hydrogen (secondary N) is 1. The molecule has 1 aliphatic rings. The maximum atomic E-state index is 9.22. The molecule has 126 valence electrons. The van der Waals surface area contributed by atoms with Crippen molar-refractivity contribution < 1.29 is 14.6 Å². The number of likely N-dealkylation sites (N-methyl/N-ethyl adjacent to an activating group) is 1. The average Bonchev–Trinajstić information content (AvgIpc) is 2.50. The number of aliphatic hydroxyl groups is 1. The van der Waals surface area contributed by atoms with E-state index in [-0.39, 0.29) is 0 Å². The van der Waals surface area contributed by atoms with Gasteiger partial charge in [-0.2, -0.15) is 0 Å². The molecular formula is C16H34N2O3. The van der Waals surface area contributed by atoms with Crippen LogP contribution in [0.15, 0.2) is 0 Å². The van der Waals surface area contributed by atoms with E-state index in [1.165, 1.54) is 25.9 Å². The highest BCUT2D eigenvalue weighted by Gasteiger charge is 2.14. The lowest BCUT2D eigenvalue weighted by atomic mass is 9.99. The van der Waals surface area contributed by atoms with E-state index in [4.69, 9.17) is 9.47 Å². The number of nitrogens with zero attached hydrogens (tertiary/aromatic N) is 1. The molecule has 5 nitrogen and oxygen atoms in total. The lowest BCUT2D eigenvalue weighted by Crippen LogP contribution is -2.35. The van der Waals surface area contributed by atoms with Gasteiger partial charge in [-0.25, -0.2) is 0 Å². The third-order valence-electron chi connectivity index (χ3n) is 4.11. The molecule has 1 rings (SSSR count). The van der Waals surface area contributed by atoms with E-state index in [1.54, 1.807) is 7.05 Å². The monoisotopic (exact) mass is 302 g/mol. The summed E-state index contributed by atoms with van der Waals surface area (Å²) in [5, 5.41) is 11.9. The minimum Gasteiger partial charge on any atom is -0.380 e. The quantitative estimate of drug-likeness (QED) is 0.422. The van der Waals surface area contributed by atoms with E-state index in [0.717, 1.165) is 44.9 Å². The van der Waals surface area contributed by atoms with Gasteiger partial charge in [0, 0.05) is 19.8 Å². The molecule has 0 aromatic rings. The summed E-state index contributed by atoms with van der Waals surface area (Å²) in [6, 6.07) is 0. The van der Waals surface area contributed by atoms with Gasteiger partial charge >= 0.3 is 0 Å². The molecule has 0 aromatic carbocycles. The van der Waals surface area contributed by atoms with Crippen molar-refractivity contribution in [3.8, 4) is 0 Å². The van der Waals surface area contributed by atoms with Crippen molar-refractivity contribution in [3.63, 3.8) is 0 Å². The summed E-state index contributed by atoms with van der Waals surface area (Å²) in [6.07, 6.45) is 5.37. The molecule has 0 bridgehead atoms. The van der Waals surface area contributed by atoms with Crippen molar-refractivity contribution in [2.45, 2.75) is 45.3 Å². The van der Waals surface area contributed by atoms with Gasteiger partial charge in [0.05, 0.1) is 13.2 Å². The van der Waals surface area contributed by atoms with Crippen LogP contribution >= 0.6 is 0 Å². The van der Waals surface area contributed by atoms with Crippen LogP contribution < -0.4 is 5.32 Å². The minimum atomic E-state index is -0.550. The van der Waals surface area contributed by atoms with E-state index >= 15 is 0 Å². The number of piperidine rings is 1. The minimum absolute atomic E-state index is 0.363. The molecule has 0 saturated carbocycles. The maximum Gasteiger partial charge on any atom is 0.128 e. The lowest BCUT2D eigenvalue weighted by Gasteiger charge is -2.29. The molecule has 0 amide bonds. The van der Waals surface area contributed by atoms with E-state index in [0.29, 0.717) is 13.2 Å². The first-order chi connectivity index (χ1) is 10.2. The van der Waals surface area contributed by atoms with E-state index in [1.807, 2.05) is 0 Å². The van der Waals surface area contributed by atoms with Gasteiger partial charge in [-0.15, -0.1) is 0 Å². The van der Waals surface area contributed by atoms with Crippen LogP contribution in [-0.2, 0) is 9.47 Å². The fraction of sp³-hybridized carbons (Fsp3) is 1.00. The summed E-state index contributed by atoms with van der Waals surface area (Å²) in [5.74, 6) is 0.901. The SMILES string of the molecule is CNC(O)COCCCCCOCCN1CCC(C)CC1. The molecule has 1 saturated heterocycles. The zero-order valence-electron chi connectivity index (χ0n) is 13.9. The molecule has 0 radical (unpaired) electrons. The van der Waals surface area contributed by atoms with Gasteiger partial charge in [-0.05, 0) is 58.2 Å². The van der Waals surface area contributed by atoms with Crippen LogP contribution in [0, 0.1) is 5.92 Å². The normalized spacial score (nSPS) is 19.0. The molecule has 0 aliphatic carbocycles. The molecule has 1 unspecified atom stereocenters. The molecule has 1 aliphatic heterocycles. The fourth-order valence-electron chi connectivity index (χ4n) is 2.44. The second-order valence-corrected chi connectivity index (χ2v) is 6.08. The zero-order valence-corrected chi connectivity index (χ0v) is 13.9. The summed E-state index contributed by atoms with van der Waals surface area (Å²) in [5.41, 5.74) is 0. The second kappa shape index (κ2) is 12.4. The summed E-state index contributed by atoms with van der Waals surface area (Å²) < 4.78 is 11.0. The highest BCUT2D eigenvalue weighted by Crippen LogP contribution is 2.15. The Morgan fingerprint density at radius 2 is 1.76 bits per heavy atom. The Morgan fingerprint density at radius 3 is 2.43 bits per heavy atom. The van der Waals surface area contributed by atoms with E-state index in [9.17, 15) is 5.11 Å². The van der Waals surface area contributed by atoms with Gasteiger partial charge in [0.25, 0.3) is 0 Å². The summed E-state index contributed by atoms with van der Waals surface area (Å²) in [4.78, 5) is 2.51. The second-order valence-electron chi connectivity index (χ2n) is 6.08. The van der Waals surface area contributed by atoms with Gasteiger partial charge in [0.1, 0.15) is 6.23 Å². The van der Waals surface area contributed by atoms with Crippen LogP contribution in [0.3, 0.4) is 0 Å². The van der Waals surface area contributed by atoms with Crippen LogP contribution in [0.2, 0.25) is 0 Å². The standard InChI is InChI=1S/C16H34N2O3/c1-15-6-8-18(9-7-15)10-13-20-11-4-3-5-12-21-14-16(19)17-2/h15-17,19H,3-14H2,1-2H3. The lowest BCUT2D eigenvalue weighted by molar-refractivity contribution is 0.0209. The number of ether oxygens (including phenoxy) is 2. The molecular weight excluding hydrogens is 268 g/mol. The summed E-state index contributed by atoms with van der Waals surface area (Å²) in [6.45, 7) is 8.68. The maximum absolute atomic E-state index is 9.22. The highest BCUT2D eigenvalue weighted by atomic mass is 16.5. The number of unbranched alkanes of at least 4 members (excludes halogenated alkanes) is 2. The fourth-order valence-corrected chi connectivity index (χ4v) is 2.44. The number of hydrogen-bond donors (Lipinski definition) is 2. The Labute approximate surface area is 130 Å². The Balaban J connectivity index is 1.76. The first-order valence-electron chi connectivity index (χ1n) is 8.45. The molecule has 0 aromatic heterocycles. The Kier molecular flexibility index (Phi) is 11.1. The molecule has 0 spiro atoms. The van der Waals surface area contributed by atoms with Crippen molar-refractivity contribution >= 4 is 0 Å². The number of rotatable bonds is 12. The summed E-state index contributed by atoms with van der Waals surface area (Å²) in [7, 11) is 1.72. The van der Waals surface area contributed by atoms with Gasteiger partial charge in [0.15, 0.2) is 0 Å². The van der Waals surface area contributed by atoms with Crippen LogP contribution in [0.5, 0.6) is 0 Å². The molecule has 2 N–H and O–H groups in total. The summed E-state index contributed by atoms with van der Waals surface area (Å²) >= 11 is 0. The predicted octanol–water partition coefficient (Wildman–Crippen LogP) is 1.46. The van der Waals surface area contributed by atoms with Gasteiger partial charge in [-0.1, -0.05) is 6.92 Å². The third kappa shape index (κ3) is 10.2. The largest absolute Gasteiger partial charge is 0.380 e. The van der Waals surface area contributed by atoms with Crippen LogP contribution in [0.4, 0.5) is 0 Å². The van der Waals surface area contributed by atoms with Crippen molar-refractivity contribution in [2.75, 3.05) is 53.1 Å².